The van der Waals surface area contributed by atoms with E-state index in [0.29, 0.717) is 11.4 Å². The number of phenolic OH excluding ortho intramolecular Hbond substituents is 1. The maximum atomic E-state index is 11.7. The lowest BCUT2D eigenvalue weighted by molar-refractivity contribution is -0.384. The topological polar surface area (TPSA) is 104 Å². The van der Waals surface area contributed by atoms with Crippen molar-refractivity contribution in [1.82, 2.24) is 0 Å². The van der Waals surface area contributed by atoms with E-state index in [9.17, 15) is 20.0 Å². The first-order valence-corrected chi connectivity index (χ1v) is 6.14. The number of benzene rings is 2. The molecule has 21 heavy (non-hydrogen) atoms. The zero-order valence-corrected chi connectivity index (χ0v) is 11.3. The molecule has 108 valence electrons. The molecule has 2 rings (SSSR count). The summed E-state index contributed by atoms with van der Waals surface area (Å²) >= 11 is 5.72. The zero-order chi connectivity index (χ0) is 15.4. The normalized spacial score (nSPS) is 9.95. The summed E-state index contributed by atoms with van der Waals surface area (Å²) < 4.78 is 0. The number of anilines is 2. The highest BCUT2D eigenvalue weighted by Gasteiger charge is 2.07. The van der Waals surface area contributed by atoms with Gasteiger partial charge in [-0.1, -0.05) is 11.6 Å². The van der Waals surface area contributed by atoms with Gasteiger partial charge in [-0.15, -0.1) is 0 Å². The van der Waals surface area contributed by atoms with Gasteiger partial charge in [0.2, 0.25) is 0 Å². The molecule has 3 N–H and O–H groups in total. The number of nitrogens with zero attached hydrogens (tertiary/aromatic N) is 1. The molecule has 0 unspecified atom stereocenters. The van der Waals surface area contributed by atoms with Crippen LogP contribution in [0.3, 0.4) is 0 Å². The molecule has 0 heterocycles. The monoisotopic (exact) mass is 307 g/mol. The molecule has 0 spiro atoms. The molecule has 8 heteroatoms. The highest BCUT2D eigenvalue weighted by atomic mass is 35.5. The number of carbonyl (C=O) groups is 1. The van der Waals surface area contributed by atoms with Crippen LogP contribution in [0.5, 0.6) is 5.75 Å². The summed E-state index contributed by atoms with van der Waals surface area (Å²) in [5, 5.41) is 24.9. The molecule has 0 fully saturated rings. The fourth-order valence-electron chi connectivity index (χ4n) is 1.54. The Morgan fingerprint density at radius 1 is 1.10 bits per heavy atom. The highest BCUT2D eigenvalue weighted by Crippen LogP contribution is 2.26. The van der Waals surface area contributed by atoms with E-state index in [1.54, 1.807) is 0 Å². The molecule has 2 aromatic rings. The molecule has 0 aliphatic heterocycles. The van der Waals surface area contributed by atoms with Crippen molar-refractivity contribution in [3.63, 3.8) is 0 Å². The summed E-state index contributed by atoms with van der Waals surface area (Å²) in [6, 6.07) is 9.10. The summed E-state index contributed by atoms with van der Waals surface area (Å²) in [6.07, 6.45) is 0. The minimum absolute atomic E-state index is 0.0636. The molecule has 0 bridgehead atoms. The lowest BCUT2D eigenvalue weighted by atomic mass is 10.3. The van der Waals surface area contributed by atoms with E-state index in [1.165, 1.54) is 42.5 Å². The summed E-state index contributed by atoms with van der Waals surface area (Å²) in [5.41, 5.74) is 0.742. The van der Waals surface area contributed by atoms with Crippen LogP contribution in [0.25, 0.3) is 0 Å². The Hall–Kier alpha value is -2.80. The summed E-state index contributed by atoms with van der Waals surface area (Å²) in [5.74, 6) is -0.0852. The third kappa shape index (κ3) is 3.83. The van der Waals surface area contributed by atoms with Gasteiger partial charge >= 0.3 is 6.03 Å². The van der Waals surface area contributed by atoms with Crippen LogP contribution >= 0.6 is 11.6 Å². The van der Waals surface area contributed by atoms with Gasteiger partial charge in [-0.25, -0.2) is 4.79 Å². The first-order valence-electron chi connectivity index (χ1n) is 5.76. The fraction of sp³-hybridized carbons (Fsp3) is 0. The molecule has 0 saturated carbocycles. The number of hydrogen-bond acceptors (Lipinski definition) is 4. The second kappa shape index (κ2) is 6.10. The van der Waals surface area contributed by atoms with Gasteiger partial charge in [0.1, 0.15) is 5.75 Å². The molecule has 2 aromatic carbocycles. The minimum atomic E-state index is -0.536. The summed E-state index contributed by atoms with van der Waals surface area (Å²) in [6.45, 7) is 0. The molecule has 7 nitrogen and oxygen atoms in total. The fourth-order valence-corrected chi connectivity index (χ4v) is 1.73. The van der Waals surface area contributed by atoms with Crippen LogP contribution in [-0.2, 0) is 0 Å². The van der Waals surface area contributed by atoms with E-state index < -0.39 is 11.0 Å². The number of non-ortho nitro benzene ring substituents is 1. The summed E-state index contributed by atoms with van der Waals surface area (Å²) in [4.78, 5) is 21.7. The Bertz CT molecular complexity index is 688. The van der Waals surface area contributed by atoms with Crippen LogP contribution in [0.4, 0.5) is 21.9 Å². The SMILES string of the molecule is O=C(Nc1ccc([N+](=O)[O-])cc1)Nc1ccc(O)c(Cl)c1. The van der Waals surface area contributed by atoms with Crippen LogP contribution in [0.2, 0.25) is 5.02 Å². The average Bonchev–Trinajstić information content (AvgIpc) is 2.43. The highest BCUT2D eigenvalue weighted by molar-refractivity contribution is 6.32. The van der Waals surface area contributed by atoms with Crippen molar-refractivity contribution in [2.75, 3.05) is 10.6 Å². The quantitative estimate of drug-likeness (QED) is 0.457. The van der Waals surface area contributed by atoms with Gasteiger partial charge in [0, 0.05) is 23.5 Å². The Balaban J connectivity index is 2.01. The molecule has 0 atom stereocenters. The molecule has 0 aliphatic carbocycles. The third-order valence-corrected chi connectivity index (χ3v) is 2.84. The van der Waals surface area contributed by atoms with E-state index in [0.717, 1.165) is 0 Å². The van der Waals surface area contributed by atoms with E-state index in [1.807, 2.05) is 0 Å². The van der Waals surface area contributed by atoms with E-state index in [-0.39, 0.29) is 16.5 Å². The van der Waals surface area contributed by atoms with Crippen LogP contribution in [-0.4, -0.2) is 16.1 Å². The van der Waals surface area contributed by atoms with Crippen molar-refractivity contribution in [2.24, 2.45) is 0 Å². The van der Waals surface area contributed by atoms with Crippen molar-refractivity contribution in [3.8, 4) is 5.75 Å². The number of nitro groups is 1. The number of urea groups is 1. The van der Waals surface area contributed by atoms with Crippen molar-refractivity contribution in [2.45, 2.75) is 0 Å². The van der Waals surface area contributed by atoms with Crippen molar-refractivity contribution in [1.29, 1.82) is 0 Å². The largest absolute Gasteiger partial charge is 0.506 e. The minimum Gasteiger partial charge on any atom is -0.506 e. The molecular weight excluding hydrogens is 298 g/mol. The number of halogens is 1. The van der Waals surface area contributed by atoms with Gasteiger partial charge < -0.3 is 15.7 Å². The summed E-state index contributed by atoms with van der Waals surface area (Å²) in [7, 11) is 0. The molecular formula is C13H10ClN3O4. The Labute approximate surface area is 124 Å². The number of nitro benzene ring substituents is 1. The van der Waals surface area contributed by atoms with Crippen LogP contribution < -0.4 is 10.6 Å². The van der Waals surface area contributed by atoms with Crippen LogP contribution in [0.15, 0.2) is 42.5 Å². The molecule has 0 radical (unpaired) electrons. The Morgan fingerprint density at radius 3 is 2.24 bits per heavy atom. The lowest BCUT2D eigenvalue weighted by Gasteiger charge is -2.08. The number of phenols is 1. The lowest BCUT2D eigenvalue weighted by Crippen LogP contribution is -2.19. The number of amides is 2. The molecule has 0 aromatic heterocycles. The van der Waals surface area contributed by atoms with Crippen molar-refractivity contribution in [3.05, 3.63) is 57.6 Å². The predicted octanol–water partition coefficient (Wildman–Crippen LogP) is 3.60. The Kier molecular flexibility index (Phi) is 4.24. The maximum Gasteiger partial charge on any atom is 0.323 e. The standard InChI is InChI=1S/C13H10ClN3O4/c14-11-7-9(3-6-12(11)18)16-13(19)15-8-1-4-10(5-2-8)17(20)21/h1-7,18H,(H2,15,16,19). The molecule has 2 amide bonds. The van der Waals surface area contributed by atoms with Crippen molar-refractivity contribution >= 4 is 34.7 Å². The van der Waals surface area contributed by atoms with E-state index in [2.05, 4.69) is 10.6 Å². The van der Waals surface area contributed by atoms with Crippen molar-refractivity contribution < 1.29 is 14.8 Å². The second-order valence-electron chi connectivity index (χ2n) is 4.05. The van der Waals surface area contributed by atoms with Crippen LogP contribution in [0, 0.1) is 10.1 Å². The van der Waals surface area contributed by atoms with Gasteiger partial charge in [0.25, 0.3) is 5.69 Å². The van der Waals surface area contributed by atoms with Gasteiger partial charge in [0.15, 0.2) is 0 Å². The van der Waals surface area contributed by atoms with Gasteiger partial charge in [0.05, 0.1) is 9.95 Å². The average molecular weight is 308 g/mol. The number of nitrogens with one attached hydrogen (secondary N) is 2. The number of rotatable bonds is 3. The van der Waals surface area contributed by atoms with Gasteiger partial charge in [-0.3, -0.25) is 10.1 Å². The third-order valence-electron chi connectivity index (χ3n) is 2.54. The van der Waals surface area contributed by atoms with Crippen LogP contribution in [0.1, 0.15) is 0 Å². The molecule has 0 aliphatic rings. The van der Waals surface area contributed by atoms with Gasteiger partial charge in [-0.2, -0.15) is 0 Å². The predicted molar refractivity (Wildman–Crippen MR) is 78.9 cm³/mol. The van der Waals surface area contributed by atoms with E-state index in [4.69, 9.17) is 11.6 Å². The smallest absolute Gasteiger partial charge is 0.323 e. The Morgan fingerprint density at radius 2 is 1.67 bits per heavy atom. The zero-order valence-electron chi connectivity index (χ0n) is 10.5. The molecule has 0 saturated heterocycles. The first kappa shape index (κ1) is 14.6. The van der Waals surface area contributed by atoms with E-state index >= 15 is 0 Å². The maximum absolute atomic E-state index is 11.7. The second-order valence-corrected chi connectivity index (χ2v) is 4.46. The number of aromatic hydroxyl groups is 1. The number of hydrogen-bond donors (Lipinski definition) is 3. The number of carbonyl (C=O) groups excluding carboxylic acids is 1. The first-order chi connectivity index (χ1) is 9.95. The van der Waals surface area contributed by atoms with Gasteiger partial charge in [-0.05, 0) is 30.3 Å².